The number of alkyl halides is 3. The quantitative estimate of drug-likeness (QED) is 0.680. The van der Waals surface area contributed by atoms with Crippen molar-refractivity contribution in [3.8, 4) is 0 Å². The fraction of sp³-hybridized carbons (Fsp3) is 0.333. The first-order chi connectivity index (χ1) is 13.5. The number of amides is 2. The monoisotopic (exact) mass is 424 g/mol. The average Bonchev–Trinajstić information content (AvgIpc) is 2.67. The number of thioether (sulfide) groups is 1. The second-order valence-electron chi connectivity index (χ2n) is 6.85. The number of aryl methyl sites for hydroxylation is 1. The maximum atomic E-state index is 13.7. The highest BCUT2D eigenvalue weighted by molar-refractivity contribution is 8.01. The van der Waals surface area contributed by atoms with Gasteiger partial charge in [0.25, 0.3) is 0 Å². The van der Waals surface area contributed by atoms with Crippen LogP contribution < -0.4 is 10.6 Å². The van der Waals surface area contributed by atoms with Gasteiger partial charge in [0.05, 0.1) is 11.0 Å². The van der Waals surface area contributed by atoms with Crippen molar-refractivity contribution in [3.05, 3.63) is 65.7 Å². The van der Waals surface area contributed by atoms with Crippen LogP contribution in [0, 0.1) is 6.92 Å². The summed E-state index contributed by atoms with van der Waals surface area (Å²) in [6.07, 6.45) is -4.68. The zero-order valence-corrected chi connectivity index (χ0v) is 17.2. The molecule has 4 nitrogen and oxygen atoms in total. The lowest BCUT2D eigenvalue weighted by Crippen LogP contribution is -2.55. The molecule has 0 fully saturated rings. The van der Waals surface area contributed by atoms with Crippen molar-refractivity contribution in [1.29, 1.82) is 0 Å². The van der Waals surface area contributed by atoms with E-state index in [0.29, 0.717) is 5.69 Å². The molecule has 2 rings (SSSR count). The molecule has 0 bridgehead atoms. The van der Waals surface area contributed by atoms with Crippen LogP contribution in [0.1, 0.15) is 25.0 Å². The molecule has 2 atom stereocenters. The van der Waals surface area contributed by atoms with Gasteiger partial charge in [-0.15, -0.1) is 11.8 Å². The van der Waals surface area contributed by atoms with Crippen molar-refractivity contribution in [2.75, 3.05) is 11.1 Å². The highest BCUT2D eigenvalue weighted by Crippen LogP contribution is 2.38. The van der Waals surface area contributed by atoms with E-state index < -0.39 is 22.9 Å². The maximum Gasteiger partial charge on any atom is 0.415 e. The number of hydrogen-bond acceptors (Lipinski definition) is 3. The van der Waals surface area contributed by atoms with Crippen LogP contribution in [0.2, 0.25) is 0 Å². The minimum absolute atomic E-state index is 0.0590. The Labute approximate surface area is 172 Å². The van der Waals surface area contributed by atoms with Crippen LogP contribution in [0.4, 0.5) is 18.9 Å². The van der Waals surface area contributed by atoms with Gasteiger partial charge in [0.2, 0.25) is 11.8 Å². The zero-order chi connectivity index (χ0) is 21.7. The molecule has 8 heteroatoms. The fourth-order valence-electron chi connectivity index (χ4n) is 2.54. The molecule has 0 spiro atoms. The number of carbonyl (C=O) groups is 2. The maximum absolute atomic E-state index is 13.7. The molecule has 2 aromatic carbocycles. The smallest absolute Gasteiger partial charge is 0.338 e. The first-order valence-electron chi connectivity index (χ1n) is 8.95. The van der Waals surface area contributed by atoms with Crippen LogP contribution in [0.15, 0.2) is 54.6 Å². The molecule has 0 saturated carbocycles. The van der Waals surface area contributed by atoms with Crippen molar-refractivity contribution in [3.63, 3.8) is 0 Å². The first-order valence-corrected chi connectivity index (χ1v) is 10.00. The third-order valence-electron chi connectivity index (χ3n) is 4.46. The van der Waals surface area contributed by atoms with Gasteiger partial charge in [-0.2, -0.15) is 13.2 Å². The van der Waals surface area contributed by atoms with E-state index in [1.807, 2.05) is 19.1 Å². The molecule has 2 N–H and O–H groups in total. The Morgan fingerprint density at radius 1 is 1.03 bits per heavy atom. The second-order valence-corrected chi connectivity index (χ2v) is 8.17. The van der Waals surface area contributed by atoms with E-state index in [0.717, 1.165) is 24.2 Å². The van der Waals surface area contributed by atoms with Gasteiger partial charge in [-0.25, -0.2) is 0 Å². The third kappa shape index (κ3) is 6.00. The molecule has 2 amide bonds. The summed E-state index contributed by atoms with van der Waals surface area (Å²) in [6.45, 7) is 4.33. The van der Waals surface area contributed by atoms with Crippen molar-refractivity contribution < 1.29 is 22.8 Å². The van der Waals surface area contributed by atoms with Gasteiger partial charge >= 0.3 is 6.18 Å². The number of anilines is 1. The van der Waals surface area contributed by atoms with E-state index in [1.54, 1.807) is 18.2 Å². The number of halogens is 3. The van der Waals surface area contributed by atoms with E-state index in [-0.39, 0.29) is 17.2 Å². The lowest BCUT2D eigenvalue weighted by Gasteiger charge is -2.34. The largest absolute Gasteiger partial charge is 0.415 e. The van der Waals surface area contributed by atoms with Gasteiger partial charge in [-0.3, -0.25) is 9.59 Å². The SMILES string of the molecule is Cc1ccc(NC(=O)CS[C@H](C)C(=O)N[C@@](C)(c2ccccc2)C(F)(F)F)cc1. The van der Waals surface area contributed by atoms with Crippen molar-refractivity contribution >= 4 is 29.3 Å². The number of carbonyl (C=O) groups excluding carboxylic acids is 2. The number of rotatable bonds is 7. The molecule has 0 saturated heterocycles. The molecule has 0 aliphatic carbocycles. The molecule has 0 aliphatic rings. The normalized spacial score (nSPS) is 14.6. The van der Waals surface area contributed by atoms with Crippen molar-refractivity contribution in [2.45, 2.75) is 37.7 Å². The molecule has 156 valence electrons. The van der Waals surface area contributed by atoms with Gasteiger partial charge in [-0.1, -0.05) is 48.0 Å². The zero-order valence-electron chi connectivity index (χ0n) is 16.3. The van der Waals surface area contributed by atoms with Gasteiger partial charge in [0, 0.05) is 5.69 Å². The second kappa shape index (κ2) is 9.35. The molecule has 0 aliphatic heterocycles. The summed E-state index contributed by atoms with van der Waals surface area (Å²) in [6, 6.07) is 14.4. The lowest BCUT2D eigenvalue weighted by atomic mass is 9.91. The van der Waals surface area contributed by atoms with E-state index in [4.69, 9.17) is 0 Å². The number of benzene rings is 2. The first kappa shape index (κ1) is 22.8. The van der Waals surface area contributed by atoms with Gasteiger partial charge in [-0.05, 0) is 38.5 Å². The standard InChI is InChI=1S/C21H23F3N2O2S/c1-14-9-11-17(12-10-14)25-18(27)13-29-15(2)19(28)26-20(3,21(22,23)24)16-7-5-4-6-8-16/h4-12,15H,13H2,1-3H3,(H,25,27)(H,26,28)/t15-,20+/m1/s1. The Kier molecular flexibility index (Phi) is 7.35. The summed E-state index contributed by atoms with van der Waals surface area (Å²) in [5.41, 5.74) is -0.916. The summed E-state index contributed by atoms with van der Waals surface area (Å²) < 4.78 is 41.1. The minimum atomic E-state index is -4.68. The summed E-state index contributed by atoms with van der Waals surface area (Å²) in [5.74, 6) is -1.18. The summed E-state index contributed by atoms with van der Waals surface area (Å²) in [5, 5.41) is 3.96. The molecule has 29 heavy (non-hydrogen) atoms. The van der Waals surface area contributed by atoms with Crippen molar-refractivity contribution in [2.24, 2.45) is 0 Å². The summed E-state index contributed by atoms with van der Waals surface area (Å²) in [4.78, 5) is 24.5. The molecular formula is C21H23F3N2O2S. The van der Waals surface area contributed by atoms with Gasteiger partial charge in [0.1, 0.15) is 0 Å². The van der Waals surface area contributed by atoms with Crippen molar-refractivity contribution in [1.82, 2.24) is 5.32 Å². The topological polar surface area (TPSA) is 58.2 Å². The average molecular weight is 424 g/mol. The van der Waals surface area contributed by atoms with Crippen LogP contribution in [0.5, 0.6) is 0 Å². The van der Waals surface area contributed by atoms with Gasteiger partial charge in [0.15, 0.2) is 5.54 Å². The van der Waals surface area contributed by atoms with Crippen LogP contribution in [-0.2, 0) is 15.1 Å². The summed E-state index contributed by atoms with van der Waals surface area (Å²) >= 11 is 0.970. The van der Waals surface area contributed by atoms with Crippen LogP contribution in [0.3, 0.4) is 0 Å². The highest BCUT2D eigenvalue weighted by atomic mass is 32.2. The fourth-order valence-corrected chi connectivity index (χ4v) is 3.22. The van der Waals surface area contributed by atoms with Gasteiger partial charge < -0.3 is 10.6 Å². The Hall–Kier alpha value is -2.48. The molecule has 0 radical (unpaired) electrons. The Morgan fingerprint density at radius 2 is 1.62 bits per heavy atom. The molecule has 0 unspecified atom stereocenters. The third-order valence-corrected chi connectivity index (χ3v) is 5.60. The molecule has 0 heterocycles. The predicted molar refractivity (Wildman–Crippen MR) is 110 cm³/mol. The highest BCUT2D eigenvalue weighted by Gasteiger charge is 2.53. The Balaban J connectivity index is 1.97. The van der Waals surface area contributed by atoms with E-state index in [1.165, 1.54) is 31.2 Å². The van der Waals surface area contributed by atoms with E-state index in [2.05, 4.69) is 10.6 Å². The number of nitrogens with one attached hydrogen (secondary N) is 2. The van der Waals surface area contributed by atoms with E-state index >= 15 is 0 Å². The predicted octanol–water partition coefficient (Wildman–Crippen LogP) is 4.65. The summed E-state index contributed by atoms with van der Waals surface area (Å²) in [7, 11) is 0. The minimum Gasteiger partial charge on any atom is -0.338 e. The van der Waals surface area contributed by atoms with Crippen LogP contribution in [-0.4, -0.2) is 29.0 Å². The van der Waals surface area contributed by atoms with Crippen LogP contribution >= 0.6 is 11.8 Å². The molecular weight excluding hydrogens is 401 g/mol. The van der Waals surface area contributed by atoms with Crippen LogP contribution in [0.25, 0.3) is 0 Å². The van der Waals surface area contributed by atoms with E-state index in [9.17, 15) is 22.8 Å². The Bertz CT molecular complexity index is 841. The number of hydrogen-bond donors (Lipinski definition) is 2. The molecule has 0 aromatic heterocycles. The lowest BCUT2D eigenvalue weighted by molar-refractivity contribution is -0.197. The Morgan fingerprint density at radius 3 is 2.17 bits per heavy atom. The molecule has 2 aromatic rings.